The Morgan fingerprint density at radius 2 is 1.94 bits per heavy atom. The largest absolute Gasteiger partial charge is 0.334 e. The van der Waals surface area contributed by atoms with E-state index in [9.17, 15) is 10.1 Å². The second-order valence-electron chi connectivity index (χ2n) is 2.99. The number of anilines is 2. The van der Waals surface area contributed by atoms with Crippen LogP contribution in [0.15, 0.2) is 42.9 Å². The van der Waals surface area contributed by atoms with Gasteiger partial charge >= 0.3 is 5.69 Å². The first-order valence-corrected chi connectivity index (χ1v) is 4.54. The summed E-state index contributed by atoms with van der Waals surface area (Å²) < 4.78 is 0. The van der Waals surface area contributed by atoms with Crippen LogP contribution < -0.4 is 5.32 Å². The lowest BCUT2D eigenvalue weighted by molar-refractivity contribution is -0.384. The van der Waals surface area contributed by atoms with E-state index in [2.05, 4.69) is 15.3 Å². The first-order chi connectivity index (χ1) is 7.77. The molecule has 0 aliphatic heterocycles. The normalized spacial score (nSPS) is 9.75. The third-order valence-corrected chi connectivity index (χ3v) is 1.93. The molecule has 1 N–H and O–H groups in total. The van der Waals surface area contributed by atoms with Crippen LogP contribution in [0.25, 0.3) is 0 Å². The Kier molecular flexibility index (Phi) is 2.73. The van der Waals surface area contributed by atoms with Crippen molar-refractivity contribution in [2.75, 3.05) is 5.32 Å². The van der Waals surface area contributed by atoms with Gasteiger partial charge in [0, 0.05) is 30.3 Å². The minimum absolute atomic E-state index is 0.0562. The van der Waals surface area contributed by atoms with Gasteiger partial charge in [0.1, 0.15) is 0 Å². The van der Waals surface area contributed by atoms with Gasteiger partial charge in [-0.3, -0.25) is 15.1 Å². The minimum Gasteiger partial charge on any atom is -0.334 e. The maximum Gasteiger partial charge on any atom is 0.311 e. The maximum absolute atomic E-state index is 10.7. The lowest BCUT2D eigenvalue weighted by atomic mass is 10.3. The number of rotatable bonds is 3. The molecule has 6 nitrogen and oxygen atoms in total. The SMILES string of the molecule is O=[N+]([O-])c1cccnc1Nc1ccncc1. The van der Waals surface area contributed by atoms with Crippen molar-refractivity contribution < 1.29 is 4.92 Å². The Bertz CT molecular complexity index is 501. The van der Waals surface area contributed by atoms with E-state index in [0.29, 0.717) is 5.69 Å². The highest BCUT2D eigenvalue weighted by Gasteiger charge is 2.13. The van der Waals surface area contributed by atoms with Crippen LogP contribution in [0.1, 0.15) is 0 Å². The molecule has 16 heavy (non-hydrogen) atoms. The number of hydrogen-bond donors (Lipinski definition) is 1. The smallest absolute Gasteiger partial charge is 0.311 e. The minimum atomic E-state index is -0.476. The molecule has 0 atom stereocenters. The zero-order valence-electron chi connectivity index (χ0n) is 8.20. The van der Waals surface area contributed by atoms with Gasteiger partial charge in [0.25, 0.3) is 0 Å². The van der Waals surface area contributed by atoms with E-state index in [1.807, 2.05) is 0 Å². The first-order valence-electron chi connectivity index (χ1n) is 4.54. The summed E-state index contributed by atoms with van der Waals surface area (Å²) in [4.78, 5) is 18.0. The molecular formula is C10H8N4O2. The van der Waals surface area contributed by atoms with E-state index < -0.39 is 4.92 Å². The van der Waals surface area contributed by atoms with E-state index in [1.165, 1.54) is 18.3 Å². The number of hydrogen-bond acceptors (Lipinski definition) is 5. The monoisotopic (exact) mass is 216 g/mol. The van der Waals surface area contributed by atoms with E-state index in [-0.39, 0.29) is 11.5 Å². The molecule has 2 heterocycles. The molecule has 0 aliphatic rings. The van der Waals surface area contributed by atoms with Crippen molar-refractivity contribution in [3.8, 4) is 0 Å². The summed E-state index contributed by atoms with van der Waals surface area (Å²) >= 11 is 0. The Hall–Kier alpha value is -2.50. The van der Waals surface area contributed by atoms with Gasteiger partial charge in [-0.15, -0.1) is 0 Å². The summed E-state index contributed by atoms with van der Waals surface area (Å²) in [6, 6.07) is 6.34. The third kappa shape index (κ3) is 2.11. The number of nitro groups is 1. The van der Waals surface area contributed by atoms with Crippen molar-refractivity contribution in [1.82, 2.24) is 9.97 Å². The summed E-state index contributed by atoms with van der Waals surface area (Å²) in [5.41, 5.74) is 0.649. The molecule has 0 saturated carbocycles. The summed E-state index contributed by atoms with van der Waals surface area (Å²) in [7, 11) is 0. The second kappa shape index (κ2) is 4.35. The number of aromatic nitrogens is 2. The van der Waals surface area contributed by atoms with Crippen molar-refractivity contribution >= 4 is 17.2 Å². The van der Waals surface area contributed by atoms with Crippen molar-refractivity contribution in [1.29, 1.82) is 0 Å². The predicted molar refractivity (Wildman–Crippen MR) is 58.4 cm³/mol. The molecule has 0 radical (unpaired) electrons. The zero-order valence-corrected chi connectivity index (χ0v) is 8.20. The molecule has 0 amide bonds. The molecule has 0 aromatic carbocycles. The number of pyridine rings is 2. The van der Waals surface area contributed by atoms with Gasteiger partial charge in [0.2, 0.25) is 5.82 Å². The van der Waals surface area contributed by atoms with Crippen molar-refractivity contribution in [2.24, 2.45) is 0 Å². The van der Waals surface area contributed by atoms with E-state index in [1.54, 1.807) is 24.5 Å². The molecular weight excluding hydrogens is 208 g/mol. The fraction of sp³-hybridized carbons (Fsp3) is 0. The molecule has 0 fully saturated rings. The first kappa shape index (κ1) is 10.0. The van der Waals surface area contributed by atoms with E-state index in [4.69, 9.17) is 0 Å². The van der Waals surface area contributed by atoms with Crippen LogP contribution >= 0.6 is 0 Å². The molecule has 0 unspecified atom stereocenters. The molecule has 0 saturated heterocycles. The quantitative estimate of drug-likeness (QED) is 0.627. The summed E-state index contributed by atoms with van der Waals surface area (Å²) in [6.45, 7) is 0. The van der Waals surface area contributed by atoms with Gasteiger partial charge in [-0.1, -0.05) is 0 Å². The van der Waals surface area contributed by atoms with E-state index in [0.717, 1.165) is 0 Å². The molecule has 2 aromatic rings. The fourth-order valence-corrected chi connectivity index (χ4v) is 1.21. The third-order valence-electron chi connectivity index (χ3n) is 1.93. The zero-order chi connectivity index (χ0) is 11.4. The van der Waals surface area contributed by atoms with Crippen LogP contribution in [0.3, 0.4) is 0 Å². The molecule has 2 rings (SSSR count). The molecule has 0 spiro atoms. The summed E-state index contributed by atoms with van der Waals surface area (Å²) in [6.07, 6.45) is 4.69. The van der Waals surface area contributed by atoms with Crippen LogP contribution in [-0.4, -0.2) is 14.9 Å². The van der Waals surface area contributed by atoms with Crippen LogP contribution in [0.4, 0.5) is 17.2 Å². The van der Waals surface area contributed by atoms with Gasteiger partial charge in [0.15, 0.2) is 0 Å². The number of nitrogens with one attached hydrogen (secondary N) is 1. The highest BCUT2D eigenvalue weighted by molar-refractivity contribution is 5.64. The average molecular weight is 216 g/mol. The number of nitrogens with zero attached hydrogens (tertiary/aromatic N) is 3. The standard InChI is InChI=1S/C10H8N4O2/c15-14(16)9-2-1-5-12-10(9)13-8-3-6-11-7-4-8/h1-7H,(H,11,12,13). The van der Waals surface area contributed by atoms with Gasteiger partial charge in [-0.25, -0.2) is 4.98 Å². The predicted octanol–water partition coefficient (Wildman–Crippen LogP) is 2.13. The average Bonchev–Trinajstić information content (AvgIpc) is 2.31. The van der Waals surface area contributed by atoms with Gasteiger partial charge in [-0.2, -0.15) is 0 Å². The molecule has 6 heteroatoms. The second-order valence-corrected chi connectivity index (χ2v) is 2.99. The Morgan fingerprint density at radius 1 is 1.19 bits per heavy atom. The Labute approximate surface area is 91.1 Å². The fourth-order valence-electron chi connectivity index (χ4n) is 1.21. The molecule has 0 bridgehead atoms. The maximum atomic E-state index is 10.7. The van der Waals surface area contributed by atoms with Crippen LogP contribution in [0.5, 0.6) is 0 Å². The van der Waals surface area contributed by atoms with Gasteiger partial charge in [-0.05, 0) is 18.2 Å². The molecule has 0 aliphatic carbocycles. The van der Waals surface area contributed by atoms with Crippen LogP contribution in [0, 0.1) is 10.1 Å². The highest BCUT2D eigenvalue weighted by Crippen LogP contribution is 2.23. The lowest BCUT2D eigenvalue weighted by Gasteiger charge is -2.04. The van der Waals surface area contributed by atoms with E-state index >= 15 is 0 Å². The van der Waals surface area contributed by atoms with Crippen LogP contribution in [-0.2, 0) is 0 Å². The highest BCUT2D eigenvalue weighted by atomic mass is 16.6. The Balaban J connectivity index is 2.31. The van der Waals surface area contributed by atoms with Gasteiger partial charge in [0.05, 0.1) is 4.92 Å². The molecule has 80 valence electrons. The summed E-state index contributed by atoms with van der Waals surface area (Å²) in [5.74, 6) is 0.221. The van der Waals surface area contributed by atoms with Crippen molar-refractivity contribution in [2.45, 2.75) is 0 Å². The van der Waals surface area contributed by atoms with Crippen LogP contribution in [0.2, 0.25) is 0 Å². The van der Waals surface area contributed by atoms with Crippen molar-refractivity contribution in [3.63, 3.8) is 0 Å². The van der Waals surface area contributed by atoms with Gasteiger partial charge < -0.3 is 5.32 Å². The Morgan fingerprint density at radius 3 is 2.62 bits per heavy atom. The lowest BCUT2D eigenvalue weighted by Crippen LogP contribution is -1.98. The summed E-state index contributed by atoms with van der Waals surface area (Å²) in [5, 5.41) is 13.6. The van der Waals surface area contributed by atoms with Crippen molar-refractivity contribution in [3.05, 3.63) is 53.0 Å². The topological polar surface area (TPSA) is 81.0 Å². The molecule has 2 aromatic heterocycles.